The Balaban J connectivity index is 0.00000144. The van der Waals surface area contributed by atoms with Gasteiger partial charge < -0.3 is 10.6 Å². The number of carbonyl (C=O) groups is 1. The topological polar surface area (TPSA) is 49.6 Å². The molecule has 1 aliphatic carbocycles. The van der Waals surface area contributed by atoms with Gasteiger partial charge in [0.1, 0.15) is 0 Å². The predicted molar refractivity (Wildman–Crippen MR) is 71.2 cm³/mol. The van der Waals surface area contributed by atoms with Crippen LogP contribution in [0, 0.1) is 11.8 Å². The number of rotatable bonds is 2. The van der Waals surface area contributed by atoms with Crippen LogP contribution < -0.4 is 5.73 Å². The van der Waals surface area contributed by atoms with Crippen LogP contribution in [0.4, 0.5) is 0 Å². The van der Waals surface area contributed by atoms with Crippen molar-refractivity contribution in [2.24, 2.45) is 17.6 Å². The van der Waals surface area contributed by atoms with Crippen molar-refractivity contribution >= 4 is 18.3 Å². The summed E-state index contributed by atoms with van der Waals surface area (Å²) in [7, 11) is 3.63. The van der Waals surface area contributed by atoms with Gasteiger partial charge in [0, 0.05) is 33.2 Å². The summed E-state index contributed by atoms with van der Waals surface area (Å²) in [5.41, 5.74) is 6.15. The number of hydrogen-bond acceptors (Lipinski definition) is 3. The van der Waals surface area contributed by atoms with E-state index in [0.717, 1.165) is 25.4 Å². The average Bonchev–Trinajstić information content (AvgIpc) is 2.61. The largest absolute Gasteiger partial charge is 0.348 e. The molecule has 4 nitrogen and oxygen atoms in total. The third kappa shape index (κ3) is 3.33. The van der Waals surface area contributed by atoms with E-state index in [0.29, 0.717) is 18.5 Å². The summed E-state index contributed by atoms with van der Waals surface area (Å²) in [6.07, 6.45) is 3.72. The summed E-state index contributed by atoms with van der Waals surface area (Å²) in [6.45, 7) is 2.65. The molecular weight excluding hydrogens is 238 g/mol. The zero-order chi connectivity index (χ0) is 11.7. The van der Waals surface area contributed by atoms with Crippen molar-refractivity contribution in [2.75, 3.05) is 33.7 Å². The molecule has 0 bridgehead atoms. The maximum absolute atomic E-state index is 11.6. The van der Waals surface area contributed by atoms with Crippen LogP contribution in [-0.4, -0.2) is 55.5 Å². The molecule has 5 heteroatoms. The molecule has 0 aromatic rings. The molecule has 1 aliphatic heterocycles. The Bertz CT molecular complexity index is 272. The van der Waals surface area contributed by atoms with E-state index in [1.165, 1.54) is 12.8 Å². The quantitative estimate of drug-likeness (QED) is 0.790. The van der Waals surface area contributed by atoms with Crippen molar-refractivity contribution in [1.29, 1.82) is 0 Å². The highest BCUT2D eigenvalue weighted by atomic mass is 35.5. The lowest BCUT2D eigenvalue weighted by Gasteiger charge is -2.29. The van der Waals surface area contributed by atoms with Gasteiger partial charge in [-0.3, -0.25) is 9.69 Å². The number of fused-ring (bicyclic) bond motifs is 1. The number of carbonyl (C=O) groups excluding carboxylic acids is 1. The van der Waals surface area contributed by atoms with Crippen LogP contribution in [0.5, 0.6) is 0 Å². The highest BCUT2D eigenvalue weighted by molar-refractivity contribution is 5.85. The van der Waals surface area contributed by atoms with Gasteiger partial charge in [0.05, 0.1) is 6.54 Å². The number of likely N-dealkylation sites (N-methyl/N-ethyl adjacent to an activating group) is 1. The van der Waals surface area contributed by atoms with Crippen LogP contribution in [0.1, 0.15) is 19.3 Å². The molecule has 0 radical (unpaired) electrons. The van der Waals surface area contributed by atoms with Gasteiger partial charge in [0.2, 0.25) is 5.91 Å². The monoisotopic (exact) mass is 261 g/mol. The Morgan fingerprint density at radius 1 is 1.35 bits per heavy atom. The van der Waals surface area contributed by atoms with Crippen molar-refractivity contribution in [3.63, 3.8) is 0 Å². The van der Waals surface area contributed by atoms with Gasteiger partial charge in [-0.1, -0.05) is 6.42 Å². The van der Waals surface area contributed by atoms with Gasteiger partial charge in [0.25, 0.3) is 0 Å². The number of amides is 1. The maximum atomic E-state index is 11.6. The van der Waals surface area contributed by atoms with Crippen molar-refractivity contribution in [2.45, 2.75) is 25.3 Å². The van der Waals surface area contributed by atoms with Crippen LogP contribution in [0.3, 0.4) is 0 Å². The van der Waals surface area contributed by atoms with Gasteiger partial charge in [-0.05, 0) is 24.7 Å². The van der Waals surface area contributed by atoms with E-state index >= 15 is 0 Å². The fourth-order valence-corrected chi connectivity index (χ4v) is 3.07. The molecule has 17 heavy (non-hydrogen) atoms. The number of nitrogens with zero attached hydrogens (tertiary/aromatic N) is 2. The first kappa shape index (κ1) is 14.7. The van der Waals surface area contributed by atoms with Gasteiger partial charge in [-0.15, -0.1) is 12.4 Å². The minimum absolute atomic E-state index is 0. The molecule has 3 atom stereocenters. The number of hydrogen-bond donors (Lipinski definition) is 1. The second-order valence-electron chi connectivity index (χ2n) is 5.50. The zero-order valence-electron chi connectivity index (χ0n) is 10.8. The van der Waals surface area contributed by atoms with Crippen LogP contribution in [0.25, 0.3) is 0 Å². The number of likely N-dealkylation sites (tertiary alicyclic amines) is 1. The molecule has 100 valence electrons. The molecular formula is C12H24ClN3O. The fourth-order valence-electron chi connectivity index (χ4n) is 3.07. The minimum atomic E-state index is 0. The predicted octanol–water partition coefficient (Wildman–Crippen LogP) is 0.556. The summed E-state index contributed by atoms with van der Waals surface area (Å²) in [6, 6.07) is 0.359. The molecule has 0 aromatic carbocycles. The fraction of sp³-hybridized carbons (Fsp3) is 0.917. The smallest absolute Gasteiger partial charge is 0.236 e. The Morgan fingerprint density at radius 3 is 2.65 bits per heavy atom. The van der Waals surface area contributed by atoms with E-state index < -0.39 is 0 Å². The number of nitrogens with two attached hydrogens (primary N) is 1. The molecule has 1 saturated carbocycles. The van der Waals surface area contributed by atoms with E-state index in [4.69, 9.17) is 5.73 Å². The zero-order valence-corrected chi connectivity index (χ0v) is 11.6. The van der Waals surface area contributed by atoms with Gasteiger partial charge in [-0.2, -0.15) is 0 Å². The Kier molecular flexibility index (Phi) is 5.22. The lowest BCUT2D eigenvalue weighted by molar-refractivity contribution is -0.129. The number of halogens is 1. The summed E-state index contributed by atoms with van der Waals surface area (Å²) >= 11 is 0. The second-order valence-corrected chi connectivity index (χ2v) is 5.50. The van der Waals surface area contributed by atoms with Gasteiger partial charge in [0.15, 0.2) is 0 Å². The molecule has 2 rings (SSSR count). The third-order valence-corrected chi connectivity index (χ3v) is 4.09. The molecule has 1 saturated heterocycles. The second kappa shape index (κ2) is 6.03. The van der Waals surface area contributed by atoms with Crippen LogP contribution in [0.2, 0.25) is 0 Å². The highest BCUT2D eigenvalue weighted by Crippen LogP contribution is 2.35. The summed E-state index contributed by atoms with van der Waals surface area (Å²) in [5, 5.41) is 0. The first-order chi connectivity index (χ1) is 7.58. The molecule has 3 unspecified atom stereocenters. The molecule has 2 aliphatic rings. The molecule has 2 fully saturated rings. The normalized spacial score (nSPS) is 32.8. The third-order valence-electron chi connectivity index (χ3n) is 4.09. The van der Waals surface area contributed by atoms with Crippen LogP contribution in [0.15, 0.2) is 0 Å². The van der Waals surface area contributed by atoms with Crippen molar-refractivity contribution in [3.8, 4) is 0 Å². The first-order valence-corrected chi connectivity index (χ1v) is 6.26. The van der Waals surface area contributed by atoms with E-state index in [9.17, 15) is 4.79 Å². The van der Waals surface area contributed by atoms with E-state index in [-0.39, 0.29) is 18.3 Å². The van der Waals surface area contributed by atoms with E-state index in [2.05, 4.69) is 4.90 Å². The average molecular weight is 262 g/mol. The Hall–Kier alpha value is -0.320. The molecule has 0 aromatic heterocycles. The molecule has 0 spiro atoms. The van der Waals surface area contributed by atoms with Crippen molar-refractivity contribution in [3.05, 3.63) is 0 Å². The van der Waals surface area contributed by atoms with Crippen LogP contribution >= 0.6 is 12.4 Å². The first-order valence-electron chi connectivity index (χ1n) is 6.26. The van der Waals surface area contributed by atoms with Gasteiger partial charge in [-0.25, -0.2) is 0 Å². The molecule has 2 N–H and O–H groups in total. The Morgan fingerprint density at radius 2 is 2.06 bits per heavy atom. The van der Waals surface area contributed by atoms with E-state index in [1.54, 1.807) is 4.90 Å². The summed E-state index contributed by atoms with van der Waals surface area (Å²) < 4.78 is 0. The van der Waals surface area contributed by atoms with E-state index in [1.807, 2.05) is 14.1 Å². The summed E-state index contributed by atoms with van der Waals surface area (Å²) in [5.74, 6) is 1.56. The lowest BCUT2D eigenvalue weighted by Crippen LogP contribution is -2.39. The minimum Gasteiger partial charge on any atom is -0.348 e. The summed E-state index contributed by atoms with van der Waals surface area (Å²) in [4.78, 5) is 15.6. The molecule has 1 amide bonds. The standard InChI is InChI=1S/C12H23N3O.ClH/c1-14(2)12(16)8-15-6-9-4-3-5-11(13)10(9)7-15;/h9-11H,3-8,13H2,1-2H3;1H. The lowest BCUT2D eigenvalue weighted by atomic mass is 9.78. The highest BCUT2D eigenvalue weighted by Gasteiger charge is 2.39. The Labute approximate surface area is 110 Å². The molecule has 1 heterocycles. The van der Waals surface area contributed by atoms with Crippen LogP contribution in [-0.2, 0) is 4.79 Å². The SMILES string of the molecule is CN(C)C(=O)CN1CC2CCCC(N)C2C1.Cl. The van der Waals surface area contributed by atoms with Gasteiger partial charge >= 0.3 is 0 Å². The van der Waals surface area contributed by atoms with Crippen molar-refractivity contribution in [1.82, 2.24) is 9.80 Å². The maximum Gasteiger partial charge on any atom is 0.236 e. The van der Waals surface area contributed by atoms with Crippen molar-refractivity contribution < 1.29 is 4.79 Å².